The number of halogens is 1. The van der Waals surface area contributed by atoms with Crippen molar-refractivity contribution in [2.45, 2.75) is 46.2 Å². The lowest BCUT2D eigenvalue weighted by atomic mass is 10.0. The molecule has 1 aromatic heterocycles. The molecule has 0 radical (unpaired) electrons. The first-order valence-corrected chi connectivity index (χ1v) is 6.79. The Hall–Kier alpha value is -1.07. The minimum Gasteiger partial charge on any atom is -0.396 e. The Bertz CT molecular complexity index is 483. The predicted molar refractivity (Wildman–Crippen MR) is 77.7 cm³/mol. The van der Waals surface area contributed by atoms with E-state index >= 15 is 0 Å². The smallest absolute Gasteiger partial charge is 0.287 e. The van der Waals surface area contributed by atoms with E-state index in [1.54, 1.807) is 6.20 Å². The Labute approximate surface area is 118 Å². The third-order valence-corrected chi connectivity index (χ3v) is 3.10. The highest BCUT2D eigenvalue weighted by Crippen LogP contribution is 2.22. The van der Waals surface area contributed by atoms with E-state index in [0.717, 1.165) is 0 Å². The minimum absolute atomic E-state index is 0.0649. The highest BCUT2D eigenvalue weighted by molar-refractivity contribution is 6.32. The molecule has 0 saturated carbocycles. The molecule has 0 atom stereocenters. The zero-order valence-corrected chi connectivity index (χ0v) is 12.7. The quantitative estimate of drug-likeness (QED) is 0.841. The second-order valence-corrected chi connectivity index (χ2v) is 6.11. The van der Waals surface area contributed by atoms with Crippen molar-refractivity contribution in [3.63, 3.8) is 0 Å². The van der Waals surface area contributed by atoms with E-state index in [9.17, 15) is 4.79 Å². The molecule has 5 nitrogen and oxygen atoms in total. The molecule has 0 unspecified atom stereocenters. The molecule has 6 heteroatoms. The van der Waals surface area contributed by atoms with E-state index in [1.807, 2.05) is 27.7 Å². The number of anilines is 1. The summed E-state index contributed by atoms with van der Waals surface area (Å²) in [6, 6.07) is 0. The van der Waals surface area contributed by atoms with Crippen LogP contribution in [0.2, 0.25) is 5.02 Å². The molecular formula is C13H22ClN3O2. The van der Waals surface area contributed by atoms with Gasteiger partial charge in [0.1, 0.15) is 5.02 Å². The molecule has 0 fully saturated rings. The van der Waals surface area contributed by atoms with Crippen LogP contribution in [0.5, 0.6) is 0 Å². The van der Waals surface area contributed by atoms with Gasteiger partial charge in [0.25, 0.3) is 5.56 Å². The first-order valence-electron chi connectivity index (χ1n) is 6.41. The Kier molecular flexibility index (Phi) is 5.38. The molecule has 0 spiro atoms. The van der Waals surface area contributed by atoms with Gasteiger partial charge in [0.2, 0.25) is 0 Å². The molecule has 108 valence electrons. The van der Waals surface area contributed by atoms with Crippen LogP contribution in [-0.4, -0.2) is 27.0 Å². The van der Waals surface area contributed by atoms with Gasteiger partial charge in [0.05, 0.1) is 11.9 Å². The Balaban J connectivity index is 3.00. The van der Waals surface area contributed by atoms with Crippen LogP contribution in [0.25, 0.3) is 0 Å². The Morgan fingerprint density at radius 2 is 2.16 bits per heavy atom. The van der Waals surface area contributed by atoms with Gasteiger partial charge in [-0.2, -0.15) is 5.10 Å². The fourth-order valence-electron chi connectivity index (χ4n) is 1.73. The van der Waals surface area contributed by atoms with Gasteiger partial charge in [-0.25, -0.2) is 4.68 Å². The maximum atomic E-state index is 12.0. The molecule has 1 heterocycles. The van der Waals surface area contributed by atoms with Crippen molar-refractivity contribution in [3.05, 3.63) is 21.6 Å². The number of hydrogen-bond donors (Lipinski definition) is 2. The summed E-state index contributed by atoms with van der Waals surface area (Å²) in [6.45, 7) is 8.49. The molecule has 2 N–H and O–H groups in total. The zero-order valence-electron chi connectivity index (χ0n) is 11.9. The Morgan fingerprint density at radius 3 is 2.68 bits per heavy atom. The number of aliphatic hydroxyl groups is 1. The van der Waals surface area contributed by atoms with Crippen LogP contribution in [0.1, 0.15) is 34.1 Å². The number of nitrogens with zero attached hydrogens (tertiary/aromatic N) is 2. The van der Waals surface area contributed by atoms with Crippen molar-refractivity contribution < 1.29 is 5.11 Å². The largest absolute Gasteiger partial charge is 0.396 e. The van der Waals surface area contributed by atoms with Crippen LogP contribution in [0, 0.1) is 5.92 Å². The Morgan fingerprint density at radius 1 is 1.53 bits per heavy atom. The monoisotopic (exact) mass is 287 g/mol. The molecule has 1 rings (SSSR count). The van der Waals surface area contributed by atoms with E-state index < -0.39 is 0 Å². The number of hydrogen-bond acceptors (Lipinski definition) is 4. The first kappa shape index (κ1) is 16.0. The fraction of sp³-hybridized carbons (Fsp3) is 0.692. The van der Waals surface area contributed by atoms with E-state index in [0.29, 0.717) is 24.6 Å². The molecule has 0 bridgehead atoms. The molecule has 0 saturated heterocycles. The molecule has 1 aromatic rings. The van der Waals surface area contributed by atoms with Crippen LogP contribution in [-0.2, 0) is 6.54 Å². The van der Waals surface area contributed by atoms with Crippen molar-refractivity contribution in [1.29, 1.82) is 0 Å². The predicted octanol–water partition coefficient (Wildman–Crippen LogP) is 2.13. The van der Waals surface area contributed by atoms with Crippen molar-refractivity contribution in [1.82, 2.24) is 9.78 Å². The van der Waals surface area contributed by atoms with Crippen molar-refractivity contribution in [3.8, 4) is 0 Å². The average molecular weight is 288 g/mol. The summed E-state index contributed by atoms with van der Waals surface area (Å²) in [4.78, 5) is 12.0. The lowest BCUT2D eigenvalue weighted by Crippen LogP contribution is -2.34. The van der Waals surface area contributed by atoms with E-state index in [4.69, 9.17) is 16.7 Å². The van der Waals surface area contributed by atoms with Gasteiger partial charge >= 0.3 is 0 Å². The van der Waals surface area contributed by atoms with Crippen LogP contribution in [0.3, 0.4) is 0 Å². The van der Waals surface area contributed by atoms with Gasteiger partial charge in [-0.3, -0.25) is 4.79 Å². The van der Waals surface area contributed by atoms with Crippen molar-refractivity contribution in [2.24, 2.45) is 5.92 Å². The molecule has 0 aliphatic heterocycles. The summed E-state index contributed by atoms with van der Waals surface area (Å²) < 4.78 is 1.37. The summed E-state index contributed by atoms with van der Waals surface area (Å²) in [7, 11) is 0. The maximum Gasteiger partial charge on any atom is 0.287 e. The van der Waals surface area contributed by atoms with Gasteiger partial charge in [-0.05, 0) is 26.2 Å². The summed E-state index contributed by atoms with van der Waals surface area (Å²) in [5, 5.41) is 16.4. The topological polar surface area (TPSA) is 67.2 Å². The number of rotatable bonds is 6. The van der Waals surface area contributed by atoms with Gasteiger partial charge in [-0.1, -0.05) is 25.4 Å². The third kappa shape index (κ3) is 4.51. The van der Waals surface area contributed by atoms with E-state index in [1.165, 1.54) is 4.68 Å². The van der Waals surface area contributed by atoms with Crippen molar-refractivity contribution in [2.75, 3.05) is 11.9 Å². The van der Waals surface area contributed by atoms with Crippen molar-refractivity contribution >= 4 is 17.3 Å². The standard InChI is InChI=1S/C13H22ClN3O2/c1-9(2)8-17-12(19)11(14)10(7-15-17)16-13(3,4)5-6-18/h7,9,16,18H,5-6,8H2,1-4H3. The second kappa shape index (κ2) is 6.39. The first-order chi connectivity index (χ1) is 8.76. The highest BCUT2D eigenvalue weighted by Gasteiger charge is 2.19. The SMILES string of the molecule is CC(C)Cn1ncc(NC(C)(C)CCO)c(Cl)c1=O. The number of aliphatic hydroxyl groups excluding tert-OH is 1. The van der Waals surface area contributed by atoms with Crippen LogP contribution >= 0.6 is 11.6 Å². The maximum absolute atomic E-state index is 12.0. The summed E-state index contributed by atoms with van der Waals surface area (Å²) >= 11 is 6.09. The molecule has 0 aromatic carbocycles. The lowest BCUT2D eigenvalue weighted by Gasteiger charge is -2.27. The molecule has 0 amide bonds. The zero-order chi connectivity index (χ0) is 14.6. The number of aromatic nitrogens is 2. The molecule has 19 heavy (non-hydrogen) atoms. The molecule has 0 aliphatic carbocycles. The lowest BCUT2D eigenvalue weighted by molar-refractivity contribution is 0.261. The van der Waals surface area contributed by atoms with Gasteiger partial charge in [-0.15, -0.1) is 0 Å². The average Bonchev–Trinajstić information content (AvgIpc) is 2.28. The van der Waals surface area contributed by atoms with E-state index in [2.05, 4.69) is 10.4 Å². The van der Waals surface area contributed by atoms with Crippen LogP contribution in [0.15, 0.2) is 11.0 Å². The van der Waals surface area contributed by atoms with Gasteiger partial charge in [0, 0.05) is 18.7 Å². The van der Waals surface area contributed by atoms with Gasteiger partial charge in [0.15, 0.2) is 0 Å². The molecular weight excluding hydrogens is 266 g/mol. The molecule has 0 aliphatic rings. The summed E-state index contributed by atoms with van der Waals surface area (Å²) in [6.07, 6.45) is 2.11. The summed E-state index contributed by atoms with van der Waals surface area (Å²) in [5.74, 6) is 0.325. The number of nitrogens with one attached hydrogen (secondary N) is 1. The fourth-order valence-corrected chi connectivity index (χ4v) is 1.93. The van der Waals surface area contributed by atoms with Crippen LogP contribution in [0.4, 0.5) is 5.69 Å². The van der Waals surface area contributed by atoms with E-state index in [-0.39, 0.29) is 22.7 Å². The second-order valence-electron chi connectivity index (χ2n) is 5.74. The normalized spacial score (nSPS) is 11.9. The summed E-state index contributed by atoms with van der Waals surface area (Å²) in [5.41, 5.74) is -0.137. The third-order valence-electron chi connectivity index (χ3n) is 2.73. The van der Waals surface area contributed by atoms with Gasteiger partial charge < -0.3 is 10.4 Å². The van der Waals surface area contributed by atoms with Crippen LogP contribution < -0.4 is 10.9 Å². The minimum atomic E-state index is -0.350. The highest BCUT2D eigenvalue weighted by atomic mass is 35.5.